The average Bonchev–Trinajstić information content (AvgIpc) is 3.25. The maximum atomic E-state index is 12.8. The molecule has 0 radical (unpaired) electrons. The van der Waals surface area contributed by atoms with Crippen molar-refractivity contribution >= 4 is 55.9 Å². The van der Waals surface area contributed by atoms with Gasteiger partial charge in [-0.05, 0) is 119 Å². The van der Waals surface area contributed by atoms with Gasteiger partial charge in [0.2, 0.25) is 0 Å². The molecular formula is C53H46N2O. The lowest BCUT2D eigenvalue weighted by Gasteiger charge is -2.33. The third-order valence-electron chi connectivity index (χ3n) is 11.4. The Morgan fingerprint density at radius 1 is 0.661 bits per heavy atom. The quantitative estimate of drug-likeness (QED) is 0.152. The van der Waals surface area contributed by atoms with Gasteiger partial charge in [0, 0.05) is 34.1 Å². The smallest absolute Gasteiger partial charge is 0.148 e. The van der Waals surface area contributed by atoms with Crippen molar-refractivity contribution in [2.75, 3.05) is 9.80 Å². The van der Waals surface area contributed by atoms with E-state index < -0.39 is 0 Å². The summed E-state index contributed by atoms with van der Waals surface area (Å²) in [5, 5.41) is 17.2. The van der Waals surface area contributed by atoms with E-state index in [0.717, 1.165) is 82.3 Å². The molecule has 7 aromatic carbocycles. The van der Waals surface area contributed by atoms with E-state index in [1.807, 2.05) is 0 Å². The number of phenols is 1. The maximum Gasteiger partial charge on any atom is 0.148 e. The molecular weight excluding hydrogens is 681 g/mol. The zero-order chi connectivity index (χ0) is 38.0. The van der Waals surface area contributed by atoms with Gasteiger partial charge in [-0.15, -0.1) is 0 Å². The summed E-state index contributed by atoms with van der Waals surface area (Å²) in [5.41, 5.74) is 11.6. The van der Waals surface area contributed by atoms with Gasteiger partial charge in [0.05, 0.1) is 11.4 Å². The van der Waals surface area contributed by atoms with Crippen molar-refractivity contribution in [3.05, 3.63) is 210 Å². The van der Waals surface area contributed by atoms with Gasteiger partial charge < -0.3 is 14.9 Å². The minimum absolute atomic E-state index is 0.0904. The number of allylic oxidation sites excluding steroid dienone is 4. The summed E-state index contributed by atoms with van der Waals surface area (Å²) in [5.74, 6) is 0.238. The summed E-state index contributed by atoms with van der Waals surface area (Å²) in [6.45, 7) is 7.11. The van der Waals surface area contributed by atoms with E-state index in [9.17, 15) is 5.11 Å². The van der Waals surface area contributed by atoms with Crippen molar-refractivity contribution in [2.45, 2.75) is 45.1 Å². The first-order valence-electron chi connectivity index (χ1n) is 19.9. The summed E-state index contributed by atoms with van der Waals surface area (Å²) in [6, 6.07) is 51.7. The van der Waals surface area contributed by atoms with Gasteiger partial charge in [-0.2, -0.15) is 0 Å². The topological polar surface area (TPSA) is 26.7 Å². The number of hydrogen-bond acceptors (Lipinski definition) is 3. The second-order valence-electron chi connectivity index (χ2n) is 15.0. The largest absolute Gasteiger partial charge is 0.505 e. The number of nitrogens with zero attached hydrogens (tertiary/aromatic N) is 2. The van der Waals surface area contributed by atoms with Crippen LogP contribution in [-0.4, -0.2) is 11.1 Å². The Labute approximate surface area is 330 Å². The molecule has 1 atom stereocenters. The van der Waals surface area contributed by atoms with Crippen LogP contribution in [0, 0.1) is 0 Å². The summed E-state index contributed by atoms with van der Waals surface area (Å²) in [6.07, 6.45) is 15.9. The van der Waals surface area contributed by atoms with E-state index in [0.29, 0.717) is 0 Å². The molecule has 56 heavy (non-hydrogen) atoms. The van der Waals surface area contributed by atoms with Crippen molar-refractivity contribution in [3.63, 3.8) is 0 Å². The number of benzene rings is 7. The fourth-order valence-electron chi connectivity index (χ4n) is 8.81. The lowest BCUT2D eigenvalue weighted by atomic mass is 9.88. The molecule has 0 heterocycles. The molecule has 0 amide bonds. The highest BCUT2D eigenvalue weighted by Crippen LogP contribution is 2.48. The van der Waals surface area contributed by atoms with Crippen molar-refractivity contribution in [1.29, 1.82) is 0 Å². The molecule has 0 saturated heterocycles. The number of para-hydroxylation sites is 1. The van der Waals surface area contributed by atoms with Crippen LogP contribution in [-0.2, 0) is 12.8 Å². The van der Waals surface area contributed by atoms with Crippen molar-refractivity contribution in [1.82, 2.24) is 0 Å². The molecule has 0 spiro atoms. The lowest BCUT2D eigenvalue weighted by molar-refractivity contribution is 0.475. The van der Waals surface area contributed by atoms with Gasteiger partial charge in [0.1, 0.15) is 5.75 Å². The molecule has 3 heteroatoms. The molecule has 7 aromatic rings. The second-order valence-corrected chi connectivity index (χ2v) is 15.0. The van der Waals surface area contributed by atoms with Crippen LogP contribution in [0.25, 0.3) is 33.2 Å². The van der Waals surface area contributed by atoms with E-state index in [2.05, 4.69) is 193 Å². The Morgan fingerprint density at radius 2 is 1.36 bits per heavy atom. The molecule has 2 aliphatic rings. The molecule has 2 aliphatic carbocycles. The predicted molar refractivity (Wildman–Crippen MR) is 238 cm³/mol. The highest BCUT2D eigenvalue weighted by Gasteiger charge is 2.27. The minimum atomic E-state index is 0.0904. The average molecular weight is 727 g/mol. The lowest BCUT2D eigenvalue weighted by Crippen LogP contribution is -2.30. The Balaban J connectivity index is 1.17. The number of phenolic OH excluding ortho intramolecular Hbond substituents is 1. The first kappa shape index (κ1) is 35.1. The molecule has 1 N–H and O–H groups in total. The predicted octanol–water partition coefficient (Wildman–Crippen LogP) is 13.9. The molecule has 9 rings (SSSR count). The third-order valence-corrected chi connectivity index (χ3v) is 11.4. The number of fused-ring (bicyclic) bond motifs is 3. The van der Waals surface area contributed by atoms with Crippen LogP contribution in [0.3, 0.4) is 0 Å². The fourth-order valence-corrected chi connectivity index (χ4v) is 8.81. The Bertz CT molecular complexity index is 2680. The minimum Gasteiger partial charge on any atom is -0.505 e. The van der Waals surface area contributed by atoms with Crippen LogP contribution in [0.5, 0.6) is 5.75 Å². The van der Waals surface area contributed by atoms with Crippen LogP contribution >= 0.6 is 0 Å². The molecule has 3 nitrogen and oxygen atoms in total. The number of anilines is 4. The fraction of sp³-hybridized carbons (Fsp3) is 0.132. The number of rotatable bonds is 10. The van der Waals surface area contributed by atoms with E-state index in [1.165, 1.54) is 33.2 Å². The van der Waals surface area contributed by atoms with Crippen LogP contribution in [0.1, 0.15) is 54.0 Å². The van der Waals surface area contributed by atoms with Gasteiger partial charge in [0.25, 0.3) is 0 Å². The number of aromatic hydroxyl groups is 1. The maximum absolute atomic E-state index is 12.8. The first-order valence-corrected chi connectivity index (χ1v) is 19.9. The first-order chi connectivity index (χ1) is 27.6. The molecule has 0 fully saturated rings. The van der Waals surface area contributed by atoms with Gasteiger partial charge in [-0.25, -0.2) is 0 Å². The van der Waals surface area contributed by atoms with Gasteiger partial charge in [0.15, 0.2) is 0 Å². The highest BCUT2D eigenvalue weighted by molar-refractivity contribution is 6.04. The second kappa shape index (κ2) is 15.3. The van der Waals surface area contributed by atoms with E-state index in [1.54, 1.807) is 0 Å². The molecule has 0 bridgehead atoms. The highest BCUT2D eigenvalue weighted by atomic mass is 16.3. The van der Waals surface area contributed by atoms with Crippen LogP contribution in [0.4, 0.5) is 22.7 Å². The van der Waals surface area contributed by atoms with E-state index in [-0.39, 0.29) is 11.8 Å². The number of hydrogen-bond donors (Lipinski definition) is 1. The summed E-state index contributed by atoms with van der Waals surface area (Å²) >= 11 is 0. The van der Waals surface area contributed by atoms with Gasteiger partial charge >= 0.3 is 0 Å². The van der Waals surface area contributed by atoms with Gasteiger partial charge in [-0.3, -0.25) is 0 Å². The zero-order valence-electron chi connectivity index (χ0n) is 31.9. The molecule has 274 valence electrons. The normalized spacial score (nSPS) is 14.0. The zero-order valence-corrected chi connectivity index (χ0v) is 31.9. The molecule has 0 saturated carbocycles. The third kappa shape index (κ3) is 6.50. The summed E-state index contributed by atoms with van der Waals surface area (Å²) < 4.78 is 0. The Hall–Kier alpha value is -6.58. The van der Waals surface area contributed by atoms with Crippen LogP contribution in [0.2, 0.25) is 0 Å². The Kier molecular flexibility index (Phi) is 9.59. The molecule has 0 aromatic heterocycles. The standard InChI is InChI=1S/C53H46N2O/c1-37(54(43-25-5-3-6-26-43)49-33-17-23-39-19-9-14-30-46(39)49)35-41-21-11-13-29-45(41)38(2)52-48-32-16-12-22-42(48)36-51(53(52)56)55(44-27-7-4-8-28-44)50-34-18-24-40-20-10-15-31-47(40)50/h3,5-7,9-14,16-30,32-34,36-37,56H,2,4,8,15,31,35H2,1H3. The Morgan fingerprint density at radius 3 is 2.20 bits per heavy atom. The van der Waals surface area contributed by atoms with Gasteiger partial charge in [-0.1, -0.05) is 146 Å². The van der Waals surface area contributed by atoms with Crippen molar-refractivity contribution in [2.24, 2.45) is 0 Å². The summed E-state index contributed by atoms with van der Waals surface area (Å²) in [4.78, 5) is 4.75. The summed E-state index contributed by atoms with van der Waals surface area (Å²) in [7, 11) is 0. The molecule has 0 aliphatic heterocycles. The van der Waals surface area contributed by atoms with Crippen molar-refractivity contribution < 1.29 is 5.11 Å². The monoisotopic (exact) mass is 726 g/mol. The van der Waals surface area contributed by atoms with Crippen LogP contribution in [0.15, 0.2) is 182 Å². The van der Waals surface area contributed by atoms with E-state index in [4.69, 9.17) is 6.58 Å². The van der Waals surface area contributed by atoms with Crippen molar-refractivity contribution in [3.8, 4) is 5.75 Å². The molecule has 1 unspecified atom stereocenters. The van der Waals surface area contributed by atoms with E-state index >= 15 is 0 Å². The SMILES string of the molecule is C=C(c1ccccc1CC(C)N(c1ccccc1)c1cccc2ccccc12)c1c(O)c(N(C2=CCCC=C2)c2cccc3c2CCC=C3)cc2ccccc12. The van der Waals surface area contributed by atoms with Crippen LogP contribution < -0.4 is 9.80 Å².